The van der Waals surface area contributed by atoms with Gasteiger partial charge in [-0.3, -0.25) is 4.79 Å². The molecule has 2 atom stereocenters. The van der Waals surface area contributed by atoms with E-state index in [4.69, 9.17) is 9.47 Å². The van der Waals surface area contributed by atoms with E-state index in [1.807, 2.05) is 36.4 Å². The summed E-state index contributed by atoms with van der Waals surface area (Å²) in [6.45, 7) is 4.96. The van der Waals surface area contributed by atoms with E-state index >= 15 is 0 Å². The van der Waals surface area contributed by atoms with Crippen LogP contribution < -0.4 is 10.1 Å². The maximum absolute atomic E-state index is 12.5. The molecule has 0 heterocycles. The third kappa shape index (κ3) is 7.54. The van der Waals surface area contributed by atoms with Gasteiger partial charge in [0.1, 0.15) is 5.75 Å². The zero-order valence-corrected chi connectivity index (χ0v) is 18.7. The van der Waals surface area contributed by atoms with Crippen LogP contribution in [0, 0.1) is 5.92 Å². The molecule has 0 saturated carbocycles. The van der Waals surface area contributed by atoms with Crippen LogP contribution in [0.1, 0.15) is 43.9 Å². The lowest BCUT2D eigenvalue weighted by Crippen LogP contribution is -2.35. The van der Waals surface area contributed by atoms with Crippen LogP contribution in [-0.2, 0) is 20.7 Å². The first-order chi connectivity index (χ1) is 13.9. The molecule has 1 amide bonds. The van der Waals surface area contributed by atoms with Gasteiger partial charge in [-0.15, -0.1) is 0 Å². The number of carbonyl (C=O) groups is 2. The number of carbonyl (C=O) groups excluding carboxylic acids is 2. The number of hydrogen-bond donors (Lipinski definition) is 1. The van der Waals surface area contributed by atoms with Gasteiger partial charge in [0, 0.05) is 4.47 Å². The van der Waals surface area contributed by atoms with Gasteiger partial charge in [0.05, 0.1) is 20.1 Å². The largest absolute Gasteiger partial charge is 0.493 e. The SMILES string of the molecule is CCCC(C)COc1ccc([C@@H](NC(=O)Cc2cccc(Br)c2)C(=O)OC)cc1. The highest BCUT2D eigenvalue weighted by molar-refractivity contribution is 9.10. The molecule has 1 N–H and O–H groups in total. The Balaban J connectivity index is 2.03. The smallest absolute Gasteiger partial charge is 0.333 e. The van der Waals surface area contributed by atoms with E-state index in [2.05, 4.69) is 35.1 Å². The van der Waals surface area contributed by atoms with Gasteiger partial charge in [0.25, 0.3) is 0 Å². The molecule has 2 aromatic carbocycles. The molecule has 0 aliphatic rings. The molecule has 29 heavy (non-hydrogen) atoms. The van der Waals surface area contributed by atoms with Crippen molar-refractivity contribution in [1.29, 1.82) is 0 Å². The highest BCUT2D eigenvalue weighted by atomic mass is 79.9. The molecule has 6 heteroatoms. The Bertz CT molecular complexity index is 807. The van der Waals surface area contributed by atoms with Crippen LogP contribution in [0.15, 0.2) is 53.0 Å². The number of benzene rings is 2. The summed E-state index contributed by atoms with van der Waals surface area (Å²) in [5.74, 6) is 0.450. The Hall–Kier alpha value is -2.34. The van der Waals surface area contributed by atoms with Crippen molar-refractivity contribution in [3.8, 4) is 5.75 Å². The minimum Gasteiger partial charge on any atom is -0.493 e. The lowest BCUT2D eigenvalue weighted by molar-refractivity contribution is -0.145. The number of esters is 1. The van der Waals surface area contributed by atoms with Crippen molar-refractivity contribution in [3.63, 3.8) is 0 Å². The van der Waals surface area contributed by atoms with Crippen LogP contribution in [-0.4, -0.2) is 25.6 Å². The first-order valence-corrected chi connectivity index (χ1v) is 10.6. The van der Waals surface area contributed by atoms with Crippen LogP contribution in [0.25, 0.3) is 0 Å². The van der Waals surface area contributed by atoms with Gasteiger partial charge in [-0.25, -0.2) is 4.79 Å². The summed E-state index contributed by atoms with van der Waals surface area (Å²) in [5.41, 5.74) is 1.50. The zero-order valence-electron chi connectivity index (χ0n) is 17.1. The fraction of sp³-hybridized carbons (Fsp3) is 0.391. The minimum atomic E-state index is -0.868. The molecule has 5 nitrogen and oxygen atoms in total. The van der Waals surface area contributed by atoms with Crippen molar-refractivity contribution in [2.75, 3.05) is 13.7 Å². The number of halogens is 1. The van der Waals surface area contributed by atoms with Gasteiger partial charge in [0.2, 0.25) is 5.91 Å². The van der Waals surface area contributed by atoms with E-state index in [0.29, 0.717) is 18.1 Å². The molecule has 0 saturated heterocycles. The average Bonchev–Trinajstić information content (AvgIpc) is 2.70. The van der Waals surface area contributed by atoms with E-state index in [1.165, 1.54) is 7.11 Å². The zero-order chi connectivity index (χ0) is 21.2. The van der Waals surface area contributed by atoms with Crippen molar-refractivity contribution in [3.05, 3.63) is 64.1 Å². The second-order valence-corrected chi connectivity index (χ2v) is 8.02. The van der Waals surface area contributed by atoms with Crippen molar-refractivity contribution in [1.82, 2.24) is 5.32 Å². The number of nitrogens with one attached hydrogen (secondary N) is 1. The quantitative estimate of drug-likeness (QED) is 0.514. The van der Waals surface area contributed by atoms with Gasteiger partial charge in [-0.1, -0.05) is 60.5 Å². The molecule has 2 aromatic rings. The summed E-state index contributed by atoms with van der Waals surface area (Å²) < 4.78 is 11.6. The van der Waals surface area contributed by atoms with Gasteiger partial charge >= 0.3 is 5.97 Å². The molecule has 0 radical (unpaired) electrons. The summed E-state index contributed by atoms with van der Waals surface area (Å²) in [6, 6.07) is 13.8. The van der Waals surface area contributed by atoms with Crippen molar-refractivity contribution >= 4 is 27.8 Å². The maximum Gasteiger partial charge on any atom is 0.333 e. The Kier molecular flexibility index (Phi) is 9.19. The average molecular weight is 462 g/mol. The highest BCUT2D eigenvalue weighted by Gasteiger charge is 2.23. The standard InChI is InChI=1S/C23H28BrNO4/c1-4-6-16(2)15-29-20-11-9-18(10-12-20)22(23(27)28-3)25-21(26)14-17-7-5-8-19(24)13-17/h5,7-13,16,22H,4,6,14-15H2,1-3H3,(H,25,26)/t16?,22-/m1/s1. The summed E-state index contributed by atoms with van der Waals surface area (Å²) in [4.78, 5) is 24.7. The third-order valence-corrected chi connectivity index (χ3v) is 5.02. The molecule has 0 aromatic heterocycles. The van der Waals surface area contributed by atoms with Gasteiger partial charge in [-0.2, -0.15) is 0 Å². The van der Waals surface area contributed by atoms with E-state index in [0.717, 1.165) is 28.6 Å². The normalized spacial score (nSPS) is 12.7. The summed E-state index contributed by atoms with van der Waals surface area (Å²) >= 11 is 3.39. The molecule has 156 valence electrons. The van der Waals surface area contributed by atoms with E-state index < -0.39 is 12.0 Å². The molecule has 0 spiro atoms. The molecule has 2 rings (SSSR count). The molecule has 0 aliphatic heterocycles. The fourth-order valence-electron chi connectivity index (χ4n) is 3.01. The van der Waals surface area contributed by atoms with Crippen molar-refractivity contribution < 1.29 is 19.1 Å². The lowest BCUT2D eigenvalue weighted by atomic mass is 10.1. The second kappa shape index (κ2) is 11.6. The fourth-order valence-corrected chi connectivity index (χ4v) is 3.46. The number of hydrogen-bond acceptors (Lipinski definition) is 4. The van der Waals surface area contributed by atoms with Gasteiger partial charge in [0.15, 0.2) is 6.04 Å². The third-order valence-electron chi connectivity index (χ3n) is 4.53. The highest BCUT2D eigenvalue weighted by Crippen LogP contribution is 2.21. The first kappa shape index (κ1) is 22.9. The number of methoxy groups -OCH3 is 1. The van der Waals surface area contributed by atoms with Crippen LogP contribution in [0.4, 0.5) is 0 Å². The summed E-state index contributed by atoms with van der Waals surface area (Å²) in [6.07, 6.45) is 2.42. The Morgan fingerprint density at radius 2 is 1.86 bits per heavy atom. The number of rotatable bonds is 10. The first-order valence-electron chi connectivity index (χ1n) is 9.77. The van der Waals surface area contributed by atoms with Crippen molar-refractivity contribution in [2.45, 2.75) is 39.2 Å². The Morgan fingerprint density at radius 3 is 2.48 bits per heavy atom. The van der Waals surface area contributed by atoms with Crippen LogP contribution in [0.2, 0.25) is 0 Å². The van der Waals surface area contributed by atoms with Crippen LogP contribution in [0.5, 0.6) is 5.75 Å². The predicted octanol–water partition coefficient (Wildman–Crippen LogP) is 4.84. The van der Waals surface area contributed by atoms with Gasteiger partial charge in [-0.05, 0) is 47.7 Å². The predicted molar refractivity (Wildman–Crippen MR) is 117 cm³/mol. The van der Waals surface area contributed by atoms with Crippen LogP contribution in [0.3, 0.4) is 0 Å². The molecule has 0 fully saturated rings. The van der Waals surface area contributed by atoms with E-state index in [9.17, 15) is 9.59 Å². The van der Waals surface area contributed by atoms with E-state index in [1.54, 1.807) is 12.1 Å². The summed E-state index contributed by atoms with van der Waals surface area (Å²) in [7, 11) is 1.31. The topological polar surface area (TPSA) is 64.6 Å². The van der Waals surface area contributed by atoms with Crippen LogP contribution >= 0.6 is 15.9 Å². The number of amides is 1. The number of ether oxygens (including phenoxy) is 2. The monoisotopic (exact) mass is 461 g/mol. The molecular weight excluding hydrogens is 434 g/mol. The molecule has 1 unspecified atom stereocenters. The summed E-state index contributed by atoms with van der Waals surface area (Å²) in [5, 5.41) is 2.77. The van der Waals surface area contributed by atoms with Gasteiger partial charge < -0.3 is 14.8 Å². The van der Waals surface area contributed by atoms with Crippen molar-refractivity contribution in [2.24, 2.45) is 5.92 Å². The molecule has 0 bridgehead atoms. The lowest BCUT2D eigenvalue weighted by Gasteiger charge is -2.18. The molecule has 0 aliphatic carbocycles. The molecular formula is C23H28BrNO4. The Morgan fingerprint density at radius 1 is 1.14 bits per heavy atom. The Labute approximate surface area is 180 Å². The second-order valence-electron chi connectivity index (χ2n) is 7.10. The minimum absolute atomic E-state index is 0.170. The van der Waals surface area contributed by atoms with E-state index in [-0.39, 0.29) is 12.3 Å². The maximum atomic E-state index is 12.5.